The lowest BCUT2D eigenvalue weighted by molar-refractivity contribution is -0.123. The van der Waals surface area contributed by atoms with Gasteiger partial charge in [0, 0.05) is 23.7 Å². The molecule has 214 valence electrons. The maximum Gasteiger partial charge on any atom is 0.356 e. The molecule has 0 aliphatic rings. The smallest absolute Gasteiger partial charge is 0.356 e. The number of benzene rings is 3. The lowest BCUT2D eigenvalue weighted by atomic mass is 9.97. The zero-order chi connectivity index (χ0) is 30.0. The van der Waals surface area contributed by atoms with E-state index in [9.17, 15) is 22.8 Å². The Morgan fingerprint density at radius 3 is 2.21 bits per heavy atom. The van der Waals surface area contributed by atoms with E-state index in [1.54, 1.807) is 31.2 Å². The summed E-state index contributed by atoms with van der Waals surface area (Å²) in [5.74, 6) is -1.49. The number of aryl methyl sites for hydroxylation is 1. The molecule has 0 fully saturated rings. The van der Waals surface area contributed by atoms with Gasteiger partial charge in [-0.2, -0.15) is 0 Å². The molecule has 42 heavy (non-hydrogen) atoms. The average Bonchev–Trinajstić information content (AvgIpc) is 3.38. The van der Waals surface area contributed by atoms with E-state index in [-0.39, 0.29) is 27.0 Å². The number of hydrogen-bond donors (Lipinski definition) is 2. The fourth-order valence-electron chi connectivity index (χ4n) is 4.34. The molecule has 2 aromatic heterocycles. The number of sulfonamides is 1. The Bertz CT molecular complexity index is 1970. The number of aromatic nitrogens is 3. The molecule has 5 rings (SSSR count). The summed E-state index contributed by atoms with van der Waals surface area (Å²) in [6.45, 7) is 3.11. The zero-order valence-electron chi connectivity index (χ0n) is 22.7. The Kier molecular flexibility index (Phi) is 7.87. The number of ether oxygens (including phenoxy) is 1. The molecule has 0 spiro atoms. The highest BCUT2D eigenvalue weighted by molar-refractivity contribution is 7.93. The summed E-state index contributed by atoms with van der Waals surface area (Å²) < 4.78 is 34.4. The van der Waals surface area contributed by atoms with Crippen LogP contribution in [0.2, 0.25) is 0 Å². The van der Waals surface area contributed by atoms with Gasteiger partial charge in [-0.25, -0.2) is 13.2 Å². The fourth-order valence-corrected chi connectivity index (χ4v) is 6.17. The SMILES string of the molecule is Cc1nnc(NS(=O)(=O)c2ccc(NC(=O)C(C)OC(=O)c3c(-c4ccccc4)c4ccccc4c(=O)n3C)cc2)s1. The topological polar surface area (TPSA) is 149 Å². The Labute approximate surface area is 244 Å². The molecule has 5 aromatic rings. The van der Waals surface area contributed by atoms with Crippen LogP contribution in [-0.4, -0.2) is 41.2 Å². The van der Waals surface area contributed by atoms with Crippen molar-refractivity contribution in [2.75, 3.05) is 10.0 Å². The molecule has 2 heterocycles. The van der Waals surface area contributed by atoms with Crippen LogP contribution in [0.15, 0.2) is 88.6 Å². The van der Waals surface area contributed by atoms with E-state index in [1.165, 1.54) is 42.8 Å². The van der Waals surface area contributed by atoms with Crippen molar-refractivity contribution in [3.63, 3.8) is 0 Å². The minimum Gasteiger partial charge on any atom is -0.448 e. The average molecular weight is 604 g/mol. The van der Waals surface area contributed by atoms with Gasteiger partial charge in [0.05, 0.1) is 4.90 Å². The first-order valence-corrected chi connectivity index (χ1v) is 15.0. The van der Waals surface area contributed by atoms with Gasteiger partial charge >= 0.3 is 5.97 Å². The van der Waals surface area contributed by atoms with Crippen LogP contribution >= 0.6 is 11.3 Å². The van der Waals surface area contributed by atoms with E-state index in [4.69, 9.17) is 4.74 Å². The third kappa shape index (κ3) is 5.78. The normalized spacial score (nSPS) is 12.1. The Hall–Kier alpha value is -4.88. The number of esters is 1. The number of hydrogen-bond acceptors (Lipinski definition) is 9. The molecule has 0 radical (unpaired) electrons. The Morgan fingerprint density at radius 2 is 1.57 bits per heavy atom. The Morgan fingerprint density at radius 1 is 0.929 bits per heavy atom. The third-order valence-electron chi connectivity index (χ3n) is 6.39. The van der Waals surface area contributed by atoms with Crippen molar-refractivity contribution < 1.29 is 22.7 Å². The van der Waals surface area contributed by atoms with Gasteiger partial charge in [0.25, 0.3) is 21.5 Å². The number of nitrogens with one attached hydrogen (secondary N) is 2. The van der Waals surface area contributed by atoms with Crippen LogP contribution < -0.4 is 15.6 Å². The van der Waals surface area contributed by atoms with Gasteiger partial charge in [-0.15, -0.1) is 10.2 Å². The van der Waals surface area contributed by atoms with E-state index >= 15 is 0 Å². The molecular formula is C29H25N5O6S2. The summed E-state index contributed by atoms with van der Waals surface area (Å²) in [7, 11) is -2.43. The minimum atomic E-state index is -3.91. The van der Waals surface area contributed by atoms with Gasteiger partial charge in [0.1, 0.15) is 10.7 Å². The second-order valence-electron chi connectivity index (χ2n) is 9.29. The second kappa shape index (κ2) is 11.5. The number of anilines is 2. The standard InChI is InChI=1S/C29H25N5O6S2/c1-17(26(35)30-20-13-15-21(16-14-20)42(38,39)33-29-32-31-18(2)41-29)40-28(37)25-24(19-9-5-4-6-10-19)22-11-7-8-12-23(22)27(36)34(25)3/h4-17H,1-3H3,(H,30,35)(H,32,33). The lowest BCUT2D eigenvalue weighted by Gasteiger charge is -2.19. The second-order valence-corrected chi connectivity index (χ2v) is 12.2. The molecule has 3 aromatic carbocycles. The first-order valence-electron chi connectivity index (χ1n) is 12.7. The predicted octanol–water partition coefficient (Wildman–Crippen LogP) is 4.35. The molecule has 11 nitrogen and oxygen atoms in total. The monoisotopic (exact) mass is 603 g/mol. The number of carbonyl (C=O) groups is 2. The number of fused-ring (bicyclic) bond motifs is 1. The van der Waals surface area contributed by atoms with Crippen molar-refractivity contribution >= 4 is 54.8 Å². The van der Waals surface area contributed by atoms with Crippen LogP contribution in [0.4, 0.5) is 10.8 Å². The molecule has 0 saturated heterocycles. The number of pyridine rings is 1. The van der Waals surface area contributed by atoms with Crippen molar-refractivity contribution in [2.45, 2.75) is 24.8 Å². The van der Waals surface area contributed by atoms with E-state index in [1.807, 2.05) is 30.3 Å². The fraction of sp³-hybridized carbons (Fsp3) is 0.138. The summed E-state index contributed by atoms with van der Waals surface area (Å²) in [6.07, 6.45) is -1.24. The van der Waals surface area contributed by atoms with Crippen LogP contribution in [0.5, 0.6) is 0 Å². The summed E-state index contributed by atoms with van der Waals surface area (Å²) >= 11 is 1.10. The van der Waals surface area contributed by atoms with Gasteiger partial charge in [-0.1, -0.05) is 59.9 Å². The summed E-state index contributed by atoms with van der Waals surface area (Å²) in [5.41, 5.74) is 1.15. The minimum absolute atomic E-state index is 0.0113. The quantitative estimate of drug-likeness (QED) is 0.249. The van der Waals surface area contributed by atoms with Crippen molar-refractivity contribution in [1.29, 1.82) is 0 Å². The molecule has 1 amide bonds. The van der Waals surface area contributed by atoms with E-state index in [0.717, 1.165) is 11.3 Å². The highest BCUT2D eigenvalue weighted by Crippen LogP contribution is 2.31. The van der Waals surface area contributed by atoms with Crippen molar-refractivity contribution in [3.05, 3.63) is 99.9 Å². The van der Waals surface area contributed by atoms with Crippen LogP contribution in [0.3, 0.4) is 0 Å². The number of rotatable bonds is 8. The Balaban J connectivity index is 1.35. The molecule has 0 aliphatic carbocycles. The maximum absolute atomic E-state index is 13.5. The first-order chi connectivity index (χ1) is 20.0. The van der Waals surface area contributed by atoms with Crippen molar-refractivity contribution in [2.24, 2.45) is 7.05 Å². The summed E-state index contributed by atoms with van der Waals surface area (Å²) in [5, 5.41) is 11.9. The molecule has 0 saturated carbocycles. The van der Waals surface area contributed by atoms with Gasteiger partial charge in [-0.05, 0) is 55.1 Å². The number of nitrogens with zero attached hydrogens (tertiary/aromatic N) is 3. The largest absolute Gasteiger partial charge is 0.448 e. The molecular weight excluding hydrogens is 578 g/mol. The van der Waals surface area contributed by atoms with Gasteiger partial charge < -0.3 is 14.6 Å². The molecule has 0 bridgehead atoms. The van der Waals surface area contributed by atoms with Gasteiger partial charge in [0.15, 0.2) is 6.10 Å². The third-order valence-corrected chi connectivity index (χ3v) is 8.63. The van der Waals surface area contributed by atoms with Gasteiger partial charge in [0.2, 0.25) is 5.13 Å². The van der Waals surface area contributed by atoms with Crippen LogP contribution in [-0.2, 0) is 26.6 Å². The lowest BCUT2D eigenvalue weighted by Crippen LogP contribution is -2.33. The summed E-state index contributed by atoms with van der Waals surface area (Å²) in [6, 6.07) is 21.6. The van der Waals surface area contributed by atoms with Crippen molar-refractivity contribution in [1.82, 2.24) is 14.8 Å². The van der Waals surface area contributed by atoms with Crippen molar-refractivity contribution in [3.8, 4) is 11.1 Å². The van der Waals surface area contributed by atoms with Crippen LogP contribution in [0.1, 0.15) is 22.4 Å². The molecule has 13 heteroatoms. The van der Waals surface area contributed by atoms with Crippen LogP contribution in [0, 0.1) is 6.92 Å². The van der Waals surface area contributed by atoms with E-state index in [0.29, 0.717) is 26.9 Å². The number of carbonyl (C=O) groups excluding carboxylic acids is 2. The maximum atomic E-state index is 13.5. The highest BCUT2D eigenvalue weighted by Gasteiger charge is 2.26. The van der Waals surface area contributed by atoms with E-state index < -0.39 is 28.0 Å². The zero-order valence-corrected chi connectivity index (χ0v) is 24.3. The molecule has 2 N–H and O–H groups in total. The molecule has 0 aliphatic heterocycles. The first kappa shape index (κ1) is 28.6. The summed E-state index contributed by atoms with van der Waals surface area (Å²) in [4.78, 5) is 39.5. The van der Waals surface area contributed by atoms with Crippen LogP contribution in [0.25, 0.3) is 21.9 Å². The molecule has 1 atom stereocenters. The predicted molar refractivity (Wildman–Crippen MR) is 160 cm³/mol. The molecule has 1 unspecified atom stereocenters. The highest BCUT2D eigenvalue weighted by atomic mass is 32.2. The van der Waals surface area contributed by atoms with E-state index in [2.05, 4.69) is 20.2 Å². The number of amides is 1. The van der Waals surface area contributed by atoms with Gasteiger partial charge in [-0.3, -0.25) is 14.3 Å².